The zero-order chi connectivity index (χ0) is 7.94. The topological polar surface area (TPSA) is 9.23 Å². The molecule has 1 aliphatic rings. The van der Waals surface area contributed by atoms with Crippen LogP contribution in [0.4, 0.5) is 0 Å². The maximum absolute atomic E-state index is 5.30. The number of hydrogen-bond donors (Lipinski definition) is 0. The van der Waals surface area contributed by atoms with Crippen LogP contribution in [0.1, 0.15) is 32.6 Å². The van der Waals surface area contributed by atoms with Gasteiger partial charge in [0, 0.05) is 13.3 Å². The monoisotopic (exact) mass is 150 g/mol. The van der Waals surface area contributed by atoms with Crippen LogP contribution in [0.2, 0.25) is 0 Å². The van der Waals surface area contributed by atoms with Crippen LogP contribution in [-0.2, 0) is 4.74 Å². The third-order valence-electron chi connectivity index (χ3n) is 1.79. The second kappa shape index (κ2) is 4.85. The molecular weight excluding hydrogens is 136 g/mol. The molecule has 1 rings (SSSR count). The van der Waals surface area contributed by atoms with E-state index in [0.29, 0.717) is 6.10 Å². The molecule has 1 atom stereocenters. The molecule has 11 heavy (non-hydrogen) atoms. The van der Waals surface area contributed by atoms with Crippen molar-refractivity contribution in [2.24, 2.45) is 0 Å². The Morgan fingerprint density at radius 3 is 3.18 bits per heavy atom. The first-order valence-electron chi connectivity index (χ1n) is 4.16. The second-order valence-electron chi connectivity index (χ2n) is 2.73. The van der Waals surface area contributed by atoms with Crippen molar-refractivity contribution in [3.63, 3.8) is 0 Å². The lowest BCUT2D eigenvalue weighted by atomic mass is 10.2. The van der Waals surface area contributed by atoms with Gasteiger partial charge in [-0.25, -0.2) is 0 Å². The zero-order valence-corrected chi connectivity index (χ0v) is 6.97. The van der Waals surface area contributed by atoms with Crippen molar-refractivity contribution < 1.29 is 4.74 Å². The lowest BCUT2D eigenvalue weighted by Crippen LogP contribution is -2.07. The van der Waals surface area contributed by atoms with Gasteiger partial charge in [0.05, 0.1) is 0 Å². The van der Waals surface area contributed by atoms with E-state index in [1.54, 1.807) is 6.92 Å². The van der Waals surface area contributed by atoms with Gasteiger partial charge in [-0.15, -0.1) is 0 Å². The van der Waals surface area contributed by atoms with Crippen molar-refractivity contribution in [2.75, 3.05) is 0 Å². The summed E-state index contributed by atoms with van der Waals surface area (Å²) in [4.78, 5) is 0. The molecule has 0 aromatic heterocycles. The fraction of sp³-hybridized carbons (Fsp3) is 0.600. The van der Waals surface area contributed by atoms with Crippen LogP contribution in [0.15, 0.2) is 12.2 Å². The molecule has 0 heterocycles. The van der Waals surface area contributed by atoms with Gasteiger partial charge in [0.15, 0.2) is 0 Å². The average molecular weight is 150 g/mol. The zero-order valence-electron chi connectivity index (χ0n) is 6.97. The minimum absolute atomic E-state index is 0.334. The average Bonchev–Trinajstić information content (AvgIpc) is 2.28. The van der Waals surface area contributed by atoms with E-state index in [9.17, 15) is 0 Å². The van der Waals surface area contributed by atoms with Crippen LogP contribution in [0.5, 0.6) is 0 Å². The summed E-state index contributed by atoms with van der Waals surface area (Å²) in [5.74, 6) is 2.74. The van der Waals surface area contributed by atoms with Crippen LogP contribution in [0.25, 0.3) is 0 Å². The predicted octanol–water partition coefficient (Wildman–Crippen LogP) is 2.48. The first kappa shape index (κ1) is 8.20. The maximum Gasteiger partial charge on any atom is 0.114 e. The molecule has 0 aromatic rings. The summed E-state index contributed by atoms with van der Waals surface area (Å²) in [5, 5.41) is 0. The molecule has 0 aromatic carbocycles. The number of hydrogen-bond acceptors (Lipinski definition) is 1. The van der Waals surface area contributed by atoms with Gasteiger partial charge in [0.2, 0.25) is 0 Å². The molecule has 0 N–H and O–H groups in total. The lowest BCUT2D eigenvalue weighted by Gasteiger charge is -2.09. The van der Waals surface area contributed by atoms with E-state index in [-0.39, 0.29) is 0 Å². The van der Waals surface area contributed by atoms with E-state index in [4.69, 9.17) is 4.74 Å². The Morgan fingerprint density at radius 1 is 1.45 bits per heavy atom. The van der Waals surface area contributed by atoms with Crippen molar-refractivity contribution in [1.29, 1.82) is 0 Å². The summed E-state index contributed by atoms with van der Waals surface area (Å²) < 4.78 is 5.30. The molecule has 1 nitrogen and oxygen atoms in total. The Bertz CT molecular complexity index is 183. The number of rotatable bonds is 1. The van der Waals surface area contributed by atoms with Crippen LogP contribution < -0.4 is 0 Å². The Hall–Kier alpha value is -0.900. The van der Waals surface area contributed by atoms with Crippen molar-refractivity contribution in [3.05, 3.63) is 12.2 Å². The first-order chi connectivity index (χ1) is 5.43. The van der Waals surface area contributed by atoms with Gasteiger partial charge in [-0.2, -0.15) is 0 Å². The third-order valence-corrected chi connectivity index (χ3v) is 1.79. The Kier molecular flexibility index (Phi) is 3.61. The summed E-state index contributed by atoms with van der Waals surface area (Å²) in [6.07, 6.45) is 12.0. The predicted molar refractivity (Wildman–Crippen MR) is 45.9 cm³/mol. The molecule has 0 fully saturated rings. The van der Waals surface area contributed by atoms with E-state index in [0.717, 1.165) is 12.8 Å². The highest BCUT2D eigenvalue weighted by Gasteiger charge is 2.07. The summed E-state index contributed by atoms with van der Waals surface area (Å²) in [6, 6.07) is 0. The summed E-state index contributed by atoms with van der Waals surface area (Å²) in [7, 11) is 0. The fourth-order valence-electron chi connectivity index (χ4n) is 1.20. The van der Waals surface area contributed by atoms with E-state index < -0.39 is 0 Å². The van der Waals surface area contributed by atoms with Crippen molar-refractivity contribution in [2.45, 2.75) is 38.7 Å². The largest absolute Gasteiger partial charge is 0.443 e. The highest BCUT2D eigenvalue weighted by Crippen LogP contribution is 2.13. The van der Waals surface area contributed by atoms with Gasteiger partial charge in [-0.1, -0.05) is 18.1 Å². The van der Waals surface area contributed by atoms with E-state index in [2.05, 4.69) is 24.2 Å². The second-order valence-corrected chi connectivity index (χ2v) is 2.73. The van der Waals surface area contributed by atoms with Crippen LogP contribution >= 0.6 is 0 Å². The van der Waals surface area contributed by atoms with Gasteiger partial charge < -0.3 is 4.74 Å². The van der Waals surface area contributed by atoms with Gasteiger partial charge in [-0.3, -0.25) is 0 Å². The van der Waals surface area contributed by atoms with Crippen molar-refractivity contribution in [3.8, 4) is 12.0 Å². The van der Waals surface area contributed by atoms with Crippen LogP contribution in [-0.4, -0.2) is 6.10 Å². The minimum Gasteiger partial charge on any atom is -0.443 e. The van der Waals surface area contributed by atoms with Crippen molar-refractivity contribution >= 4 is 0 Å². The number of allylic oxidation sites excluding steroid dienone is 1. The third kappa shape index (κ3) is 3.13. The molecule has 1 aliphatic carbocycles. The van der Waals surface area contributed by atoms with Crippen LogP contribution in [0, 0.1) is 12.0 Å². The Balaban J connectivity index is 2.30. The molecule has 0 radical (unpaired) electrons. The van der Waals surface area contributed by atoms with Gasteiger partial charge >= 0.3 is 0 Å². The van der Waals surface area contributed by atoms with Gasteiger partial charge in [0.1, 0.15) is 12.2 Å². The Labute approximate surface area is 68.4 Å². The van der Waals surface area contributed by atoms with E-state index >= 15 is 0 Å². The fourth-order valence-corrected chi connectivity index (χ4v) is 1.20. The van der Waals surface area contributed by atoms with Crippen molar-refractivity contribution in [1.82, 2.24) is 0 Å². The molecule has 0 saturated heterocycles. The van der Waals surface area contributed by atoms with Crippen LogP contribution in [0.3, 0.4) is 0 Å². The highest BCUT2D eigenvalue weighted by atomic mass is 16.5. The molecule has 60 valence electrons. The minimum atomic E-state index is 0.334. The molecule has 0 spiro atoms. The lowest BCUT2D eigenvalue weighted by molar-refractivity contribution is 0.159. The molecule has 1 unspecified atom stereocenters. The highest BCUT2D eigenvalue weighted by molar-refractivity contribution is 4.92. The number of ether oxygens (including phenoxy) is 1. The maximum atomic E-state index is 5.30. The standard InChI is InChI=1S/C10H14O/c1-2-9-11-10-7-5-3-4-6-8-10/h3,5,10H,4,6-8H2,1H3. The molecule has 0 saturated carbocycles. The SMILES string of the molecule is CC#COC1CC=CCCC1. The van der Waals surface area contributed by atoms with E-state index in [1.165, 1.54) is 12.8 Å². The van der Waals surface area contributed by atoms with E-state index in [1.807, 2.05) is 0 Å². The molecule has 1 heteroatoms. The summed E-state index contributed by atoms with van der Waals surface area (Å²) in [6.45, 7) is 1.80. The molecule has 0 amide bonds. The van der Waals surface area contributed by atoms with Gasteiger partial charge in [-0.05, 0) is 19.3 Å². The molecular formula is C10H14O. The Morgan fingerprint density at radius 2 is 2.36 bits per heavy atom. The normalized spacial score (nSPS) is 23.2. The quantitative estimate of drug-likeness (QED) is 0.412. The first-order valence-corrected chi connectivity index (χ1v) is 4.16. The summed E-state index contributed by atoms with van der Waals surface area (Å²) in [5.41, 5.74) is 0. The molecule has 0 bridgehead atoms. The smallest absolute Gasteiger partial charge is 0.114 e. The summed E-state index contributed by atoms with van der Waals surface area (Å²) >= 11 is 0. The molecule has 0 aliphatic heterocycles. The van der Waals surface area contributed by atoms with Gasteiger partial charge in [0.25, 0.3) is 0 Å².